The molecule has 7 heteroatoms. The predicted octanol–water partition coefficient (Wildman–Crippen LogP) is 6.24. The molecule has 0 aliphatic rings. The molecular weight excluding hydrogens is 406 g/mol. The molecule has 0 spiro atoms. The van der Waals surface area contributed by atoms with E-state index >= 15 is 0 Å². The molecule has 0 aromatic heterocycles. The van der Waals surface area contributed by atoms with Crippen LogP contribution in [0.5, 0.6) is 0 Å². The Kier molecular flexibility index (Phi) is 19.9. The quantitative estimate of drug-likeness (QED) is 0.0739. The highest BCUT2D eigenvalue weighted by Crippen LogP contribution is 2.16. The van der Waals surface area contributed by atoms with Crippen LogP contribution >= 0.6 is 0 Å². The Morgan fingerprint density at radius 2 is 1.19 bits per heavy atom. The third kappa shape index (κ3) is 16.8. The normalized spacial score (nSPS) is 11.7. The third-order valence-corrected chi connectivity index (χ3v) is 5.78. The van der Waals surface area contributed by atoms with Crippen molar-refractivity contribution in [1.29, 1.82) is 5.41 Å². The van der Waals surface area contributed by atoms with Crippen molar-refractivity contribution < 1.29 is 19.4 Å². The maximum Gasteiger partial charge on any atom is 0.377 e. The van der Waals surface area contributed by atoms with Crippen LogP contribution in [0.2, 0.25) is 0 Å². The molecule has 188 valence electrons. The second-order valence-corrected chi connectivity index (χ2v) is 8.81. The van der Waals surface area contributed by atoms with Crippen LogP contribution in [-0.2, 0) is 19.4 Å². The van der Waals surface area contributed by atoms with E-state index in [-0.39, 0.29) is 5.96 Å². The van der Waals surface area contributed by atoms with Crippen LogP contribution in [0, 0.1) is 5.41 Å². The van der Waals surface area contributed by atoms with E-state index in [9.17, 15) is 9.59 Å². The second kappa shape index (κ2) is 21.1. The van der Waals surface area contributed by atoms with Crippen LogP contribution in [0.15, 0.2) is 0 Å². The Labute approximate surface area is 196 Å². The molecule has 0 amide bonds. The summed E-state index contributed by atoms with van der Waals surface area (Å²) in [5, 5.41) is 7.84. The van der Waals surface area contributed by atoms with Gasteiger partial charge >= 0.3 is 11.9 Å². The molecule has 0 fully saturated rings. The van der Waals surface area contributed by atoms with Gasteiger partial charge in [-0.05, 0) is 12.8 Å². The fourth-order valence-electron chi connectivity index (χ4n) is 3.86. The molecule has 0 radical (unpaired) electrons. The summed E-state index contributed by atoms with van der Waals surface area (Å²) in [7, 11) is 0. The second-order valence-electron chi connectivity index (χ2n) is 8.81. The van der Waals surface area contributed by atoms with Crippen LogP contribution < -0.4 is 5.73 Å². The summed E-state index contributed by atoms with van der Waals surface area (Å²) in [4.78, 5) is 34.0. The Balaban J connectivity index is 4.11. The summed E-state index contributed by atoms with van der Waals surface area (Å²) in [6.07, 6.45) is 20.0. The molecule has 0 aliphatic heterocycles. The highest BCUT2D eigenvalue weighted by molar-refractivity contribution is 5.84. The number of unbranched alkanes of at least 4 members (excludes halogenated alkanes) is 14. The van der Waals surface area contributed by atoms with Crippen molar-refractivity contribution in [3.8, 4) is 0 Å². The van der Waals surface area contributed by atoms with E-state index in [4.69, 9.17) is 11.1 Å². The number of carbonyl (C=O) groups excluding carboxylic acids is 2. The van der Waals surface area contributed by atoms with Crippen molar-refractivity contribution in [2.24, 2.45) is 5.73 Å². The number of rotatable bonds is 20. The number of hydrogen-bond donors (Lipinski definition) is 2. The van der Waals surface area contributed by atoms with Gasteiger partial charge in [-0.15, -0.1) is 0 Å². The van der Waals surface area contributed by atoms with Crippen molar-refractivity contribution in [1.82, 2.24) is 4.90 Å². The fourth-order valence-corrected chi connectivity index (χ4v) is 3.86. The molecular formula is C25H49N3O4. The highest BCUT2D eigenvalue weighted by Gasteiger charge is 2.29. The van der Waals surface area contributed by atoms with Gasteiger partial charge in [-0.2, -0.15) is 0 Å². The van der Waals surface area contributed by atoms with Gasteiger partial charge in [-0.3, -0.25) is 5.41 Å². The van der Waals surface area contributed by atoms with Gasteiger partial charge in [0, 0.05) is 13.5 Å². The van der Waals surface area contributed by atoms with Gasteiger partial charge in [0.25, 0.3) is 0 Å². The standard InChI is InChI=1S/C25H49N3O4/c1-4-6-8-9-10-11-12-13-14-15-16-17-18-19-20-23(24(30)32-31-22(3)29)28(25(26)27)21-7-5-2/h23H,4-21H2,1-3H3,(H3,26,27). The molecule has 32 heavy (non-hydrogen) atoms. The lowest BCUT2D eigenvalue weighted by molar-refractivity contribution is -0.260. The van der Waals surface area contributed by atoms with Gasteiger partial charge < -0.3 is 10.6 Å². The number of guanidine groups is 1. The summed E-state index contributed by atoms with van der Waals surface area (Å²) >= 11 is 0. The average molecular weight is 456 g/mol. The van der Waals surface area contributed by atoms with Crippen molar-refractivity contribution in [2.45, 2.75) is 136 Å². The maximum absolute atomic E-state index is 12.4. The zero-order valence-electron chi connectivity index (χ0n) is 21.0. The van der Waals surface area contributed by atoms with Crippen molar-refractivity contribution in [2.75, 3.05) is 6.54 Å². The lowest BCUT2D eigenvalue weighted by Gasteiger charge is -2.29. The molecule has 0 bridgehead atoms. The summed E-state index contributed by atoms with van der Waals surface area (Å²) in [5.41, 5.74) is 5.72. The summed E-state index contributed by atoms with van der Waals surface area (Å²) in [6, 6.07) is -0.698. The van der Waals surface area contributed by atoms with E-state index in [1.54, 1.807) is 4.90 Å². The molecule has 0 saturated carbocycles. The van der Waals surface area contributed by atoms with E-state index in [1.807, 2.05) is 6.92 Å². The van der Waals surface area contributed by atoms with Gasteiger partial charge in [0.2, 0.25) is 0 Å². The summed E-state index contributed by atoms with van der Waals surface area (Å²) in [5.74, 6) is -1.51. The number of nitrogens with two attached hydrogens (primary N) is 1. The Bertz CT molecular complexity index is 500. The van der Waals surface area contributed by atoms with Crippen molar-refractivity contribution in [3.63, 3.8) is 0 Å². The molecule has 0 aromatic carbocycles. The van der Waals surface area contributed by atoms with E-state index in [0.717, 1.165) is 32.1 Å². The summed E-state index contributed by atoms with van der Waals surface area (Å²) in [6.45, 7) is 5.98. The Hall–Kier alpha value is -1.79. The molecule has 0 heterocycles. The first-order valence-electron chi connectivity index (χ1n) is 12.9. The molecule has 0 saturated heterocycles. The maximum atomic E-state index is 12.4. The van der Waals surface area contributed by atoms with Gasteiger partial charge in [0.05, 0.1) is 0 Å². The SMILES string of the molecule is CCCCCCCCCCCCCCCCC(C(=O)OOC(C)=O)N(CCCC)C(=N)N. The number of carbonyl (C=O) groups is 2. The van der Waals surface area contributed by atoms with E-state index < -0.39 is 18.0 Å². The lowest BCUT2D eigenvalue weighted by atomic mass is 10.0. The van der Waals surface area contributed by atoms with Crippen molar-refractivity contribution in [3.05, 3.63) is 0 Å². The Morgan fingerprint density at radius 1 is 0.750 bits per heavy atom. The van der Waals surface area contributed by atoms with Gasteiger partial charge in [0.1, 0.15) is 6.04 Å². The zero-order chi connectivity index (χ0) is 24.0. The molecule has 7 nitrogen and oxygen atoms in total. The number of nitrogens with zero attached hydrogens (tertiary/aromatic N) is 1. The molecule has 1 atom stereocenters. The predicted molar refractivity (Wildman–Crippen MR) is 130 cm³/mol. The van der Waals surface area contributed by atoms with Crippen LogP contribution in [0.25, 0.3) is 0 Å². The average Bonchev–Trinajstić information content (AvgIpc) is 2.76. The first-order valence-corrected chi connectivity index (χ1v) is 12.9. The minimum absolute atomic E-state index is 0.159. The fraction of sp³-hybridized carbons (Fsp3) is 0.880. The van der Waals surface area contributed by atoms with Crippen LogP contribution in [0.1, 0.15) is 130 Å². The van der Waals surface area contributed by atoms with E-state index in [0.29, 0.717) is 13.0 Å². The van der Waals surface area contributed by atoms with Gasteiger partial charge in [0.15, 0.2) is 5.96 Å². The number of hydrogen-bond acceptors (Lipinski definition) is 5. The van der Waals surface area contributed by atoms with Gasteiger partial charge in [-0.1, -0.05) is 110 Å². The molecule has 0 aromatic rings. The largest absolute Gasteiger partial charge is 0.377 e. The molecule has 0 aliphatic carbocycles. The van der Waals surface area contributed by atoms with Crippen LogP contribution in [-0.4, -0.2) is 35.4 Å². The Morgan fingerprint density at radius 3 is 1.59 bits per heavy atom. The van der Waals surface area contributed by atoms with Crippen molar-refractivity contribution >= 4 is 17.9 Å². The first kappa shape index (κ1) is 30.2. The first-order chi connectivity index (χ1) is 15.4. The summed E-state index contributed by atoms with van der Waals surface area (Å²) < 4.78 is 0. The third-order valence-electron chi connectivity index (χ3n) is 5.78. The number of nitrogens with one attached hydrogen (secondary N) is 1. The van der Waals surface area contributed by atoms with E-state index in [2.05, 4.69) is 16.7 Å². The van der Waals surface area contributed by atoms with Crippen LogP contribution in [0.3, 0.4) is 0 Å². The minimum Gasteiger partial charge on any atom is -0.370 e. The molecule has 1 unspecified atom stereocenters. The monoisotopic (exact) mass is 455 g/mol. The van der Waals surface area contributed by atoms with Crippen LogP contribution in [0.4, 0.5) is 0 Å². The minimum atomic E-state index is -0.698. The van der Waals surface area contributed by atoms with Gasteiger partial charge in [-0.25, -0.2) is 19.4 Å². The molecule has 3 N–H and O–H groups in total. The van der Waals surface area contributed by atoms with E-state index in [1.165, 1.54) is 77.6 Å². The lowest BCUT2D eigenvalue weighted by Crippen LogP contribution is -2.49. The topological polar surface area (TPSA) is 106 Å². The highest BCUT2D eigenvalue weighted by atomic mass is 17.2. The zero-order valence-corrected chi connectivity index (χ0v) is 21.0. The smallest absolute Gasteiger partial charge is 0.370 e. The molecule has 0 rings (SSSR count).